The molecule has 0 amide bonds. The average Bonchev–Trinajstić information content (AvgIpc) is 3.67. The number of rotatable bonds is 6. The Morgan fingerprint density at radius 2 is 0.857 bits per heavy atom. The van der Waals surface area contributed by atoms with Crippen LogP contribution in [0, 0.1) is 0 Å². The highest BCUT2D eigenvalue weighted by Crippen LogP contribution is 2.47. The molecule has 0 fully saturated rings. The van der Waals surface area contributed by atoms with Crippen molar-refractivity contribution in [3.05, 3.63) is 212 Å². The molecule has 262 valence electrons. The SMILES string of the molecule is c1ccc(-c2ccc(N(c3ccc(-c4ccc(-c5cc6ccccc6c6ccccc56)cc4)cc3)c3cccc4sc5c6ccccc6ccc5c34)cc2)cc1. The summed E-state index contributed by atoms with van der Waals surface area (Å²) in [5, 5.41) is 10.3. The molecular formula is C54H35NS. The van der Waals surface area contributed by atoms with Gasteiger partial charge in [-0.1, -0.05) is 170 Å². The summed E-state index contributed by atoms with van der Waals surface area (Å²) >= 11 is 1.89. The fourth-order valence-electron chi connectivity index (χ4n) is 8.52. The highest BCUT2D eigenvalue weighted by atomic mass is 32.1. The standard InChI is InChI=1S/C54H35NS/c1-2-11-36(12-3-1)38-25-30-43(31-26-38)55(51-19-10-20-52-53(51)49-34-29-40-13-4-7-16-46(40)54(49)56-52)44-32-27-39(28-33-44)37-21-23-41(24-22-37)50-35-42-14-5-6-15-45(42)47-17-8-9-18-48(47)50/h1-35H. The van der Waals surface area contributed by atoms with Crippen LogP contribution < -0.4 is 4.90 Å². The van der Waals surface area contributed by atoms with Crippen molar-refractivity contribution in [1.29, 1.82) is 0 Å². The van der Waals surface area contributed by atoms with Crippen LogP contribution in [0.1, 0.15) is 0 Å². The monoisotopic (exact) mass is 729 g/mol. The van der Waals surface area contributed by atoms with Crippen molar-refractivity contribution in [1.82, 2.24) is 0 Å². The molecule has 0 aliphatic heterocycles. The van der Waals surface area contributed by atoms with Crippen LogP contribution in [0.5, 0.6) is 0 Å². The topological polar surface area (TPSA) is 3.24 Å². The van der Waals surface area contributed by atoms with Crippen molar-refractivity contribution < 1.29 is 0 Å². The maximum Gasteiger partial charge on any atom is 0.0554 e. The summed E-state index contributed by atoms with van der Waals surface area (Å²) in [5.74, 6) is 0. The highest BCUT2D eigenvalue weighted by Gasteiger charge is 2.20. The van der Waals surface area contributed by atoms with Crippen molar-refractivity contribution in [2.24, 2.45) is 0 Å². The first kappa shape index (κ1) is 32.4. The third-order valence-electron chi connectivity index (χ3n) is 11.3. The predicted octanol–water partition coefficient (Wildman–Crippen LogP) is 16.0. The van der Waals surface area contributed by atoms with E-state index in [-0.39, 0.29) is 0 Å². The van der Waals surface area contributed by atoms with Crippen LogP contribution in [-0.4, -0.2) is 0 Å². The van der Waals surface area contributed by atoms with E-state index in [1.807, 2.05) is 11.3 Å². The average molecular weight is 730 g/mol. The Kier molecular flexibility index (Phi) is 7.75. The smallest absolute Gasteiger partial charge is 0.0554 e. The van der Waals surface area contributed by atoms with E-state index in [2.05, 4.69) is 217 Å². The van der Waals surface area contributed by atoms with Crippen molar-refractivity contribution in [2.75, 3.05) is 4.90 Å². The summed E-state index contributed by atoms with van der Waals surface area (Å²) in [6.07, 6.45) is 0. The summed E-state index contributed by atoms with van der Waals surface area (Å²) in [6.45, 7) is 0. The van der Waals surface area contributed by atoms with Crippen LogP contribution in [0.4, 0.5) is 17.1 Å². The van der Waals surface area contributed by atoms with Crippen LogP contribution in [0.2, 0.25) is 0 Å². The lowest BCUT2D eigenvalue weighted by Crippen LogP contribution is -2.10. The maximum absolute atomic E-state index is 2.43. The molecule has 11 aromatic rings. The van der Waals surface area contributed by atoms with Crippen LogP contribution in [0.15, 0.2) is 212 Å². The second-order valence-corrected chi connectivity index (χ2v) is 15.5. The van der Waals surface area contributed by atoms with Gasteiger partial charge < -0.3 is 4.90 Å². The van der Waals surface area contributed by atoms with Gasteiger partial charge in [-0.05, 0) is 108 Å². The van der Waals surface area contributed by atoms with Gasteiger partial charge in [-0.3, -0.25) is 0 Å². The zero-order valence-corrected chi connectivity index (χ0v) is 31.4. The molecule has 1 aromatic heterocycles. The second kappa shape index (κ2) is 13.4. The van der Waals surface area contributed by atoms with Gasteiger partial charge in [0.15, 0.2) is 0 Å². The maximum atomic E-state index is 2.43. The molecule has 0 aliphatic rings. The molecule has 0 radical (unpaired) electrons. The molecule has 0 saturated carbocycles. The quantitative estimate of drug-likeness (QED) is 0.154. The number of benzene rings is 10. The zero-order chi connectivity index (χ0) is 37.0. The third kappa shape index (κ3) is 5.46. The Morgan fingerprint density at radius 3 is 1.55 bits per heavy atom. The van der Waals surface area contributed by atoms with E-state index in [4.69, 9.17) is 0 Å². The predicted molar refractivity (Wildman–Crippen MR) is 243 cm³/mol. The van der Waals surface area contributed by atoms with E-state index in [9.17, 15) is 0 Å². The molecule has 0 saturated heterocycles. The van der Waals surface area contributed by atoms with Gasteiger partial charge in [0.1, 0.15) is 0 Å². The number of hydrogen-bond donors (Lipinski definition) is 0. The van der Waals surface area contributed by atoms with Gasteiger partial charge in [0.2, 0.25) is 0 Å². The number of anilines is 3. The number of nitrogens with zero attached hydrogens (tertiary/aromatic N) is 1. The van der Waals surface area contributed by atoms with Crippen molar-refractivity contribution in [3.63, 3.8) is 0 Å². The van der Waals surface area contributed by atoms with E-state index in [1.54, 1.807) is 0 Å². The van der Waals surface area contributed by atoms with E-state index >= 15 is 0 Å². The Morgan fingerprint density at radius 1 is 0.321 bits per heavy atom. The van der Waals surface area contributed by atoms with E-state index in [0.717, 1.165) is 11.4 Å². The molecule has 56 heavy (non-hydrogen) atoms. The lowest BCUT2D eigenvalue weighted by atomic mass is 9.92. The molecule has 0 aliphatic carbocycles. The first-order valence-electron chi connectivity index (χ1n) is 19.2. The van der Waals surface area contributed by atoms with E-state index in [0.29, 0.717) is 0 Å². The van der Waals surface area contributed by atoms with Gasteiger partial charge in [-0.15, -0.1) is 11.3 Å². The Hall–Kier alpha value is -7.00. The largest absolute Gasteiger partial charge is 0.310 e. The first-order chi connectivity index (χ1) is 27.8. The lowest BCUT2D eigenvalue weighted by Gasteiger charge is -2.27. The van der Waals surface area contributed by atoms with Gasteiger partial charge in [-0.2, -0.15) is 0 Å². The van der Waals surface area contributed by atoms with Crippen LogP contribution in [-0.2, 0) is 0 Å². The summed E-state index contributed by atoms with van der Waals surface area (Å²) < 4.78 is 2.62. The summed E-state index contributed by atoms with van der Waals surface area (Å²) in [4.78, 5) is 2.43. The molecular weight excluding hydrogens is 695 g/mol. The second-order valence-electron chi connectivity index (χ2n) is 14.5. The molecule has 0 N–H and O–H groups in total. The van der Waals surface area contributed by atoms with Crippen molar-refractivity contribution in [2.45, 2.75) is 0 Å². The number of hydrogen-bond acceptors (Lipinski definition) is 2. The normalized spacial score (nSPS) is 11.6. The minimum atomic E-state index is 1.12. The number of fused-ring (bicyclic) bond motifs is 8. The molecule has 10 aromatic carbocycles. The Labute approximate surface area is 330 Å². The molecule has 1 nitrogen and oxygen atoms in total. The summed E-state index contributed by atoms with van der Waals surface area (Å²) in [6, 6.07) is 77.6. The van der Waals surface area contributed by atoms with Crippen LogP contribution in [0.3, 0.4) is 0 Å². The van der Waals surface area contributed by atoms with Crippen molar-refractivity contribution >= 4 is 80.9 Å². The molecule has 11 rings (SSSR count). The lowest BCUT2D eigenvalue weighted by molar-refractivity contribution is 1.30. The molecule has 0 unspecified atom stereocenters. The fourth-order valence-corrected chi connectivity index (χ4v) is 9.78. The van der Waals surface area contributed by atoms with E-state index < -0.39 is 0 Å². The summed E-state index contributed by atoms with van der Waals surface area (Å²) in [7, 11) is 0. The zero-order valence-electron chi connectivity index (χ0n) is 30.6. The molecule has 0 spiro atoms. The van der Waals surface area contributed by atoms with Crippen LogP contribution in [0.25, 0.3) is 85.9 Å². The van der Waals surface area contributed by atoms with Gasteiger partial charge in [0.25, 0.3) is 0 Å². The highest BCUT2D eigenvalue weighted by molar-refractivity contribution is 7.26. The van der Waals surface area contributed by atoms with Crippen molar-refractivity contribution in [3.8, 4) is 33.4 Å². The number of thiophene rings is 1. The molecule has 0 atom stereocenters. The Balaban J connectivity index is 1.01. The Bertz CT molecular complexity index is 3210. The molecule has 0 bridgehead atoms. The van der Waals surface area contributed by atoms with E-state index in [1.165, 1.54) is 91.6 Å². The minimum Gasteiger partial charge on any atom is -0.310 e. The fraction of sp³-hybridized carbons (Fsp3) is 0. The van der Waals surface area contributed by atoms with Gasteiger partial charge in [0.05, 0.1) is 5.69 Å². The third-order valence-corrected chi connectivity index (χ3v) is 12.5. The summed E-state index contributed by atoms with van der Waals surface area (Å²) in [5.41, 5.74) is 10.7. The van der Waals surface area contributed by atoms with Gasteiger partial charge in [0, 0.05) is 31.5 Å². The first-order valence-corrected chi connectivity index (χ1v) is 20.0. The van der Waals surface area contributed by atoms with Gasteiger partial charge >= 0.3 is 0 Å². The van der Waals surface area contributed by atoms with Crippen LogP contribution >= 0.6 is 11.3 Å². The van der Waals surface area contributed by atoms with Gasteiger partial charge in [-0.25, -0.2) is 0 Å². The molecule has 2 heteroatoms. The molecule has 1 heterocycles. The minimum absolute atomic E-state index is 1.12.